The summed E-state index contributed by atoms with van der Waals surface area (Å²) in [4.78, 5) is 32.0. The summed E-state index contributed by atoms with van der Waals surface area (Å²) >= 11 is 0. The summed E-state index contributed by atoms with van der Waals surface area (Å²) in [5.74, 6) is 0. The van der Waals surface area contributed by atoms with E-state index in [4.69, 9.17) is 40.5 Å². The number of quaternary nitrogens is 2. The summed E-state index contributed by atoms with van der Waals surface area (Å²) in [6.45, 7) is 0. The van der Waals surface area contributed by atoms with Gasteiger partial charge in [-0.05, 0) is 0 Å². The zero-order chi connectivity index (χ0) is 10.8. The van der Waals surface area contributed by atoms with Gasteiger partial charge in [-0.2, -0.15) is 0 Å². The van der Waals surface area contributed by atoms with Gasteiger partial charge in [0.2, 0.25) is 0 Å². The molecule has 0 saturated carbocycles. The van der Waals surface area contributed by atoms with E-state index in [0.717, 1.165) is 21.4 Å². The molecule has 15 heteroatoms. The van der Waals surface area contributed by atoms with Gasteiger partial charge in [-0.15, -0.1) is 21.4 Å². The van der Waals surface area contributed by atoms with Crippen molar-refractivity contribution in [1.82, 2.24) is 12.3 Å². The molecular weight excluding hydrogens is 407 g/mol. The van der Waals surface area contributed by atoms with E-state index in [9.17, 15) is 0 Å². The van der Waals surface area contributed by atoms with E-state index in [1.807, 2.05) is 0 Å². The van der Waals surface area contributed by atoms with E-state index in [1.54, 1.807) is 0 Å². The quantitative estimate of drug-likeness (QED) is 0.432. The molecule has 8 N–H and O–H groups in total. The van der Waals surface area contributed by atoms with Crippen molar-refractivity contribution in [2.45, 2.75) is 0 Å². The fraction of sp³-hybridized carbons (Fsp3) is 0. The Kier molecular flexibility index (Phi) is 1070. The van der Waals surface area contributed by atoms with E-state index >= 15 is 0 Å². The fourth-order valence-corrected chi connectivity index (χ4v) is 0. The van der Waals surface area contributed by atoms with Crippen LogP contribution >= 0.6 is 0 Å². The second-order valence-electron chi connectivity index (χ2n) is 0.298. The van der Waals surface area contributed by atoms with Crippen LogP contribution in [0.4, 0.5) is 0 Å². The van der Waals surface area contributed by atoms with Gasteiger partial charge in [0.1, 0.15) is 0 Å². The van der Waals surface area contributed by atoms with Gasteiger partial charge in [-0.1, -0.05) is 0 Å². The van der Waals surface area contributed by atoms with Gasteiger partial charge in [-0.3, -0.25) is 0 Å². The van der Waals surface area contributed by atoms with Crippen LogP contribution in [0, 0.1) is 40.5 Å². The summed E-state index contributed by atoms with van der Waals surface area (Å²) in [7, 11) is 0. The number of hydrogen-bond acceptors (Lipinski definition) is 12. The molecule has 0 heterocycles. The molecule has 0 radical (unpaired) electrons. The molecule has 0 bridgehead atoms. The molecule has 96 valence electrons. The molecular formula is H8N6O8Pt. The maximum Gasteiger partial charge on any atom is 2.00 e. The molecule has 0 saturated heterocycles. The molecule has 0 fully saturated rings. The molecule has 0 aliphatic rings. The normalized spacial score (nSPS) is 3.20. The Hall–Kier alpha value is -1.79. The second kappa shape index (κ2) is 314. The van der Waals surface area contributed by atoms with Crippen LogP contribution in [0.5, 0.6) is 0 Å². The van der Waals surface area contributed by atoms with Gasteiger partial charge in [0.15, 0.2) is 0 Å². The minimum atomic E-state index is 0. The van der Waals surface area contributed by atoms with Gasteiger partial charge < -0.3 is 52.8 Å². The summed E-state index contributed by atoms with van der Waals surface area (Å²) in [5, 5.41) is 36.0. The first kappa shape index (κ1) is 51.1. The van der Waals surface area contributed by atoms with Crippen LogP contribution in [-0.4, -0.2) is 0 Å². The van der Waals surface area contributed by atoms with E-state index < -0.39 is 0 Å². The van der Waals surface area contributed by atoms with Crippen molar-refractivity contribution in [3.63, 3.8) is 0 Å². The van der Waals surface area contributed by atoms with Gasteiger partial charge in [0, 0.05) is 0 Å². The molecule has 0 unspecified atom stereocenters. The minimum Gasteiger partial charge on any atom is -0.444 e. The molecule has 0 spiro atoms. The molecule has 14 nitrogen and oxygen atoms in total. The zero-order valence-corrected chi connectivity index (χ0v) is 9.64. The third kappa shape index (κ3) is 396. The molecule has 15 heavy (non-hydrogen) atoms. The number of hydrogen-bond donors (Lipinski definition) is 2. The molecule has 0 atom stereocenters. The third-order valence-corrected chi connectivity index (χ3v) is 0. The molecule has 0 aliphatic heterocycles. The average molecular weight is 415 g/mol. The average Bonchev–Trinajstić information content (AvgIpc) is 1.92. The largest absolute Gasteiger partial charge is 2.00 e. The van der Waals surface area contributed by atoms with Crippen LogP contribution in [-0.2, 0) is 21.1 Å². The number of nitrogens with zero attached hydrogens (tertiary/aromatic N) is 4. The Morgan fingerprint density at radius 3 is 0.533 bits per heavy atom. The van der Waals surface area contributed by atoms with Gasteiger partial charge in [0.05, 0.1) is 0 Å². The standard InChI is InChI=1S/4HNO2.2H3N.Pt/c4*2-1-3;;;/h4*(H,2,3);2*1H3;/q;;;;;;+2/p-2. The van der Waals surface area contributed by atoms with Gasteiger partial charge in [0.25, 0.3) is 0 Å². The Labute approximate surface area is 95.8 Å². The van der Waals surface area contributed by atoms with Crippen molar-refractivity contribution in [3.05, 3.63) is 40.5 Å². The van der Waals surface area contributed by atoms with Crippen LogP contribution in [0.15, 0.2) is 21.4 Å². The van der Waals surface area contributed by atoms with Crippen molar-refractivity contribution in [2.24, 2.45) is 21.4 Å². The minimum absolute atomic E-state index is 0. The molecule has 0 aromatic carbocycles. The molecule has 0 aromatic rings. The first-order valence-electron chi connectivity index (χ1n) is 1.46. The smallest absolute Gasteiger partial charge is 0.444 e. The summed E-state index contributed by atoms with van der Waals surface area (Å²) in [6, 6.07) is 0. The maximum absolute atomic E-state index is 8.00. The molecule has 0 aliphatic carbocycles. The van der Waals surface area contributed by atoms with Crippen LogP contribution in [0.3, 0.4) is 0 Å². The Morgan fingerprint density at radius 1 is 0.533 bits per heavy atom. The van der Waals surface area contributed by atoms with Crippen molar-refractivity contribution in [1.29, 1.82) is 0 Å². The number of rotatable bonds is 0. The van der Waals surface area contributed by atoms with E-state index in [1.165, 1.54) is 0 Å². The van der Waals surface area contributed by atoms with Gasteiger partial charge >= 0.3 is 21.1 Å². The zero-order valence-electron chi connectivity index (χ0n) is 7.37. The summed E-state index contributed by atoms with van der Waals surface area (Å²) in [5.41, 5.74) is 0. The van der Waals surface area contributed by atoms with Crippen LogP contribution in [0.2, 0.25) is 0 Å². The second-order valence-corrected chi connectivity index (χ2v) is 0.298. The van der Waals surface area contributed by atoms with Crippen molar-refractivity contribution < 1.29 is 21.1 Å². The van der Waals surface area contributed by atoms with Crippen molar-refractivity contribution in [3.8, 4) is 0 Å². The van der Waals surface area contributed by atoms with E-state index in [0.29, 0.717) is 0 Å². The Balaban J connectivity index is -0.0000000107. The van der Waals surface area contributed by atoms with Crippen molar-refractivity contribution >= 4 is 0 Å². The van der Waals surface area contributed by atoms with Crippen LogP contribution in [0.25, 0.3) is 0 Å². The van der Waals surface area contributed by atoms with Gasteiger partial charge in [-0.25, -0.2) is 0 Å². The predicted octanol–water partition coefficient (Wildman–Crippen LogP) is 1.75. The Bertz CT molecular complexity index is 73.1. The van der Waals surface area contributed by atoms with E-state index in [-0.39, 0.29) is 33.4 Å². The monoisotopic (exact) mass is 415 g/mol. The fourth-order valence-electron chi connectivity index (χ4n) is 0. The van der Waals surface area contributed by atoms with Crippen LogP contribution in [0.1, 0.15) is 0 Å². The predicted molar refractivity (Wildman–Crippen MR) is 48.6 cm³/mol. The summed E-state index contributed by atoms with van der Waals surface area (Å²) in [6.07, 6.45) is 0. The van der Waals surface area contributed by atoms with Crippen LogP contribution < -0.4 is 12.3 Å². The third-order valence-electron chi connectivity index (χ3n) is 0. The molecule has 0 rings (SSSR count). The van der Waals surface area contributed by atoms with E-state index in [2.05, 4.69) is 0 Å². The molecule has 0 aromatic heterocycles. The first-order chi connectivity index (χ1) is 5.66. The summed E-state index contributed by atoms with van der Waals surface area (Å²) < 4.78 is 0. The topological polar surface area (TPSA) is 283 Å². The Morgan fingerprint density at radius 2 is 0.533 bits per heavy atom. The SMILES string of the molecule is O=N[O-].O=N[O-].O=N[O-].O=N[O-].[NH4+].[NH4+].[Pt+2]. The molecule has 0 amide bonds. The first-order valence-corrected chi connectivity index (χ1v) is 1.46. The van der Waals surface area contributed by atoms with Crippen molar-refractivity contribution in [2.75, 3.05) is 0 Å². The maximum atomic E-state index is 8.00.